The van der Waals surface area contributed by atoms with Crippen LogP contribution in [0.4, 0.5) is 0 Å². The fourth-order valence-corrected chi connectivity index (χ4v) is 2.73. The third kappa shape index (κ3) is 2.02. The quantitative estimate of drug-likeness (QED) is 0.596. The van der Waals surface area contributed by atoms with E-state index < -0.39 is 0 Å². The summed E-state index contributed by atoms with van der Waals surface area (Å²) in [6, 6.07) is 0. The molecule has 12 heavy (non-hydrogen) atoms. The first-order valence-corrected chi connectivity index (χ1v) is 5.57. The minimum atomic E-state index is 0.884. The molecular formula is C12H24. The molecular weight excluding hydrogens is 144 g/mol. The van der Waals surface area contributed by atoms with Crippen molar-refractivity contribution in [3.05, 3.63) is 0 Å². The average molecular weight is 168 g/mol. The van der Waals surface area contributed by atoms with Gasteiger partial charge in [0.1, 0.15) is 0 Å². The van der Waals surface area contributed by atoms with Gasteiger partial charge in [-0.15, -0.1) is 0 Å². The summed E-state index contributed by atoms with van der Waals surface area (Å²) in [5, 5.41) is 0. The molecule has 0 heteroatoms. The van der Waals surface area contributed by atoms with Crippen molar-refractivity contribution in [3.8, 4) is 0 Å². The van der Waals surface area contributed by atoms with Crippen molar-refractivity contribution < 1.29 is 0 Å². The molecule has 0 saturated heterocycles. The zero-order valence-corrected chi connectivity index (χ0v) is 9.30. The van der Waals surface area contributed by atoms with E-state index in [0.29, 0.717) is 0 Å². The van der Waals surface area contributed by atoms with Gasteiger partial charge >= 0.3 is 0 Å². The van der Waals surface area contributed by atoms with Gasteiger partial charge in [-0.05, 0) is 36.0 Å². The molecule has 1 aliphatic carbocycles. The molecule has 0 N–H and O–H groups in total. The Kier molecular flexibility index (Phi) is 3.20. The summed E-state index contributed by atoms with van der Waals surface area (Å²) >= 11 is 0. The lowest BCUT2D eigenvalue weighted by molar-refractivity contribution is 0.222. The van der Waals surface area contributed by atoms with Gasteiger partial charge in [-0.1, -0.05) is 41.0 Å². The van der Waals surface area contributed by atoms with E-state index in [9.17, 15) is 0 Å². The number of hydrogen-bond acceptors (Lipinski definition) is 0. The molecule has 0 bridgehead atoms. The van der Waals surface area contributed by atoms with E-state index in [1.165, 1.54) is 12.8 Å². The molecule has 0 nitrogen and oxygen atoms in total. The van der Waals surface area contributed by atoms with Gasteiger partial charge in [0, 0.05) is 0 Å². The predicted molar refractivity (Wildman–Crippen MR) is 55.1 cm³/mol. The molecule has 1 rings (SSSR count). The molecule has 1 fully saturated rings. The predicted octanol–water partition coefficient (Wildman–Crippen LogP) is 3.96. The van der Waals surface area contributed by atoms with E-state index in [4.69, 9.17) is 0 Å². The van der Waals surface area contributed by atoms with E-state index in [0.717, 1.165) is 29.6 Å². The first-order valence-electron chi connectivity index (χ1n) is 5.57. The summed E-state index contributed by atoms with van der Waals surface area (Å²) < 4.78 is 0. The smallest absolute Gasteiger partial charge is 0.0334 e. The van der Waals surface area contributed by atoms with E-state index in [1.807, 2.05) is 0 Å². The van der Waals surface area contributed by atoms with Gasteiger partial charge in [0.05, 0.1) is 0 Å². The van der Waals surface area contributed by atoms with Crippen LogP contribution in [0.15, 0.2) is 0 Å². The molecule has 0 aliphatic heterocycles. The molecule has 1 saturated carbocycles. The van der Waals surface area contributed by atoms with Crippen molar-refractivity contribution in [2.45, 2.75) is 47.5 Å². The van der Waals surface area contributed by atoms with Crippen molar-refractivity contribution >= 4 is 0 Å². The Morgan fingerprint density at radius 3 is 2.00 bits per heavy atom. The molecule has 1 aliphatic rings. The number of hydrogen-bond donors (Lipinski definition) is 0. The molecule has 4 unspecified atom stereocenters. The topological polar surface area (TPSA) is 0 Å². The van der Waals surface area contributed by atoms with Gasteiger partial charge in [-0.2, -0.15) is 0 Å². The van der Waals surface area contributed by atoms with Crippen LogP contribution >= 0.6 is 0 Å². The Balaban J connectivity index is 2.50. The fourth-order valence-electron chi connectivity index (χ4n) is 2.73. The summed E-state index contributed by atoms with van der Waals surface area (Å²) in [6.45, 7) is 11.9. The molecule has 0 aromatic carbocycles. The molecule has 0 heterocycles. The lowest BCUT2D eigenvalue weighted by atomic mass is 9.79. The van der Waals surface area contributed by atoms with Crippen molar-refractivity contribution in [1.82, 2.24) is 0 Å². The second-order valence-electron chi connectivity index (χ2n) is 5.08. The first-order chi connectivity index (χ1) is 5.57. The zero-order valence-electron chi connectivity index (χ0n) is 9.30. The minimum Gasteiger partial charge on any atom is -0.0651 e. The summed E-state index contributed by atoms with van der Waals surface area (Å²) in [6.07, 6.45) is 2.85. The van der Waals surface area contributed by atoms with Gasteiger partial charge in [-0.25, -0.2) is 0 Å². The maximum atomic E-state index is 2.43. The third-order valence-corrected chi connectivity index (χ3v) is 3.74. The van der Waals surface area contributed by atoms with E-state index >= 15 is 0 Å². The van der Waals surface area contributed by atoms with Crippen LogP contribution in [0.3, 0.4) is 0 Å². The summed E-state index contributed by atoms with van der Waals surface area (Å²) in [5.74, 6) is 4.88. The van der Waals surface area contributed by atoms with Crippen molar-refractivity contribution in [2.75, 3.05) is 0 Å². The molecule has 0 aromatic rings. The Bertz CT molecular complexity index is 133. The Hall–Kier alpha value is 0. The van der Waals surface area contributed by atoms with Gasteiger partial charge in [0.2, 0.25) is 0 Å². The Morgan fingerprint density at radius 1 is 1.25 bits per heavy atom. The average Bonchev–Trinajstić information content (AvgIpc) is 2.66. The van der Waals surface area contributed by atoms with Gasteiger partial charge < -0.3 is 0 Å². The zero-order chi connectivity index (χ0) is 9.30. The second-order valence-corrected chi connectivity index (χ2v) is 5.08. The lowest BCUT2D eigenvalue weighted by Gasteiger charge is -2.27. The van der Waals surface area contributed by atoms with Crippen molar-refractivity contribution in [2.24, 2.45) is 29.6 Å². The standard InChI is InChI=1S/C12H24/c1-6-9(4)12(8(2)3)11-7-10(11)5/h8-12H,6-7H2,1-5H3. The van der Waals surface area contributed by atoms with E-state index in [-0.39, 0.29) is 0 Å². The molecule has 72 valence electrons. The van der Waals surface area contributed by atoms with E-state index in [2.05, 4.69) is 34.6 Å². The van der Waals surface area contributed by atoms with Crippen molar-refractivity contribution in [1.29, 1.82) is 0 Å². The summed E-state index contributed by atoms with van der Waals surface area (Å²) in [4.78, 5) is 0. The van der Waals surface area contributed by atoms with Gasteiger partial charge in [0.15, 0.2) is 0 Å². The monoisotopic (exact) mass is 168 g/mol. The second kappa shape index (κ2) is 3.81. The highest BCUT2D eigenvalue weighted by Crippen LogP contribution is 2.49. The van der Waals surface area contributed by atoms with Crippen LogP contribution in [0, 0.1) is 29.6 Å². The lowest BCUT2D eigenvalue weighted by Crippen LogP contribution is -2.20. The Morgan fingerprint density at radius 2 is 1.75 bits per heavy atom. The van der Waals surface area contributed by atoms with Gasteiger partial charge in [-0.3, -0.25) is 0 Å². The van der Waals surface area contributed by atoms with Gasteiger partial charge in [0.25, 0.3) is 0 Å². The van der Waals surface area contributed by atoms with Crippen LogP contribution in [0.1, 0.15) is 47.5 Å². The van der Waals surface area contributed by atoms with Crippen LogP contribution in [0.5, 0.6) is 0 Å². The maximum Gasteiger partial charge on any atom is -0.0334 e. The normalized spacial score (nSPS) is 33.5. The summed E-state index contributed by atoms with van der Waals surface area (Å²) in [5.41, 5.74) is 0. The van der Waals surface area contributed by atoms with Crippen LogP contribution in [0.25, 0.3) is 0 Å². The largest absolute Gasteiger partial charge is 0.0651 e. The van der Waals surface area contributed by atoms with Crippen molar-refractivity contribution in [3.63, 3.8) is 0 Å². The molecule has 4 atom stereocenters. The highest BCUT2D eigenvalue weighted by Gasteiger charge is 2.42. The highest BCUT2D eigenvalue weighted by molar-refractivity contribution is 4.91. The van der Waals surface area contributed by atoms with Crippen LogP contribution < -0.4 is 0 Å². The maximum absolute atomic E-state index is 2.43. The SMILES string of the molecule is CCC(C)C(C(C)C)C1CC1C. The Labute approximate surface area is 77.7 Å². The molecule has 0 aromatic heterocycles. The first kappa shape index (κ1) is 10.1. The number of rotatable bonds is 4. The minimum absolute atomic E-state index is 0.884. The van der Waals surface area contributed by atoms with Crippen LogP contribution in [-0.2, 0) is 0 Å². The highest BCUT2D eigenvalue weighted by atomic mass is 14.5. The third-order valence-electron chi connectivity index (χ3n) is 3.74. The van der Waals surface area contributed by atoms with Crippen LogP contribution in [0.2, 0.25) is 0 Å². The fraction of sp³-hybridized carbons (Fsp3) is 1.00. The van der Waals surface area contributed by atoms with Crippen LogP contribution in [-0.4, -0.2) is 0 Å². The molecule has 0 radical (unpaired) electrons. The summed E-state index contributed by atoms with van der Waals surface area (Å²) in [7, 11) is 0. The van der Waals surface area contributed by atoms with E-state index in [1.54, 1.807) is 0 Å². The molecule has 0 amide bonds. The molecule has 0 spiro atoms.